The van der Waals surface area contributed by atoms with Crippen LogP contribution in [0.25, 0.3) is 0 Å². The predicted octanol–water partition coefficient (Wildman–Crippen LogP) is 4.80. The van der Waals surface area contributed by atoms with Crippen molar-refractivity contribution in [3.05, 3.63) is 88.9 Å². The number of halogens is 1. The summed E-state index contributed by atoms with van der Waals surface area (Å²) in [6.07, 6.45) is 2.31. The standard InChI is InChI=1S/C25H24ClN3O4/c1-2-15-32-21-13-11-20(12-14-21)28-24(30)25(31)29-27-16-18-7-4-6-10-23(18)33-17-19-8-3-5-9-22(19)26/h3-14,16H,2,15,17H2,1H3,(H,28,30)(H,29,31)/b27-16-. The molecule has 0 fully saturated rings. The highest BCUT2D eigenvalue weighted by molar-refractivity contribution is 6.39. The third-order valence-electron chi connectivity index (χ3n) is 4.42. The Morgan fingerprint density at radius 1 is 0.939 bits per heavy atom. The van der Waals surface area contributed by atoms with Gasteiger partial charge in [-0.1, -0.05) is 48.9 Å². The maximum atomic E-state index is 12.1. The molecule has 0 radical (unpaired) electrons. The number of amides is 2. The van der Waals surface area contributed by atoms with E-state index in [2.05, 4.69) is 15.8 Å². The lowest BCUT2D eigenvalue weighted by Crippen LogP contribution is -2.32. The summed E-state index contributed by atoms with van der Waals surface area (Å²) in [7, 11) is 0. The Balaban J connectivity index is 1.53. The lowest BCUT2D eigenvalue weighted by atomic mass is 10.2. The fraction of sp³-hybridized carbons (Fsp3) is 0.160. The minimum atomic E-state index is -0.896. The van der Waals surface area contributed by atoms with Crippen LogP contribution < -0.4 is 20.2 Å². The Labute approximate surface area is 197 Å². The zero-order valence-electron chi connectivity index (χ0n) is 18.1. The third-order valence-corrected chi connectivity index (χ3v) is 4.79. The van der Waals surface area contributed by atoms with Crippen LogP contribution in [0.2, 0.25) is 5.02 Å². The fourth-order valence-corrected chi connectivity index (χ4v) is 2.93. The minimum absolute atomic E-state index is 0.279. The van der Waals surface area contributed by atoms with E-state index in [1.165, 1.54) is 6.21 Å². The zero-order chi connectivity index (χ0) is 23.5. The average molecular weight is 466 g/mol. The number of ether oxygens (including phenoxy) is 2. The van der Waals surface area contributed by atoms with Crippen LogP contribution in [0, 0.1) is 0 Å². The molecule has 170 valence electrons. The second-order valence-corrected chi connectivity index (χ2v) is 7.35. The van der Waals surface area contributed by atoms with E-state index < -0.39 is 11.8 Å². The van der Waals surface area contributed by atoms with Crippen molar-refractivity contribution < 1.29 is 19.1 Å². The van der Waals surface area contributed by atoms with Gasteiger partial charge in [-0.25, -0.2) is 5.43 Å². The quantitative estimate of drug-likeness (QED) is 0.270. The smallest absolute Gasteiger partial charge is 0.329 e. The highest BCUT2D eigenvalue weighted by Crippen LogP contribution is 2.21. The van der Waals surface area contributed by atoms with Gasteiger partial charge >= 0.3 is 11.8 Å². The summed E-state index contributed by atoms with van der Waals surface area (Å²) in [6.45, 7) is 2.91. The van der Waals surface area contributed by atoms with E-state index in [1.54, 1.807) is 42.5 Å². The molecule has 0 bridgehead atoms. The second kappa shape index (κ2) is 12.3. The molecule has 0 aromatic heterocycles. The summed E-state index contributed by atoms with van der Waals surface area (Å²) in [4.78, 5) is 24.2. The van der Waals surface area contributed by atoms with Crippen molar-refractivity contribution in [3.8, 4) is 11.5 Å². The van der Waals surface area contributed by atoms with Crippen LogP contribution in [0.1, 0.15) is 24.5 Å². The molecule has 0 atom stereocenters. The highest BCUT2D eigenvalue weighted by atomic mass is 35.5. The monoisotopic (exact) mass is 465 g/mol. The van der Waals surface area contributed by atoms with Gasteiger partial charge < -0.3 is 14.8 Å². The molecule has 2 N–H and O–H groups in total. The summed E-state index contributed by atoms with van der Waals surface area (Å²) in [5.74, 6) is -0.478. The van der Waals surface area contributed by atoms with Crippen LogP contribution in [0.15, 0.2) is 77.9 Å². The molecular weight excluding hydrogens is 442 g/mol. The molecule has 3 aromatic carbocycles. The van der Waals surface area contributed by atoms with Gasteiger partial charge in [-0.15, -0.1) is 0 Å². The number of carbonyl (C=O) groups excluding carboxylic acids is 2. The van der Waals surface area contributed by atoms with Gasteiger partial charge in [-0.05, 0) is 48.9 Å². The summed E-state index contributed by atoms with van der Waals surface area (Å²) in [5, 5.41) is 7.00. The summed E-state index contributed by atoms with van der Waals surface area (Å²) < 4.78 is 11.3. The number of carbonyl (C=O) groups is 2. The van der Waals surface area contributed by atoms with Crippen LogP contribution in [0.5, 0.6) is 11.5 Å². The summed E-state index contributed by atoms with van der Waals surface area (Å²) >= 11 is 6.17. The zero-order valence-corrected chi connectivity index (χ0v) is 18.8. The third kappa shape index (κ3) is 7.36. The molecule has 0 saturated heterocycles. The van der Waals surface area contributed by atoms with E-state index in [0.29, 0.717) is 34.4 Å². The number of anilines is 1. The molecule has 3 rings (SSSR count). The van der Waals surface area contributed by atoms with Crippen LogP contribution in [0.4, 0.5) is 5.69 Å². The molecule has 0 heterocycles. The fourth-order valence-electron chi connectivity index (χ4n) is 2.74. The van der Waals surface area contributed by atoms with Crippen molar-refractivity contribution in [2.24, 2.45) is 5.10 Å². The molecule has 2 amide bonds. The van der Waals surface area contributed by atoms with Crippen LogP contribution >= 0.6 is 11.6 Å². The first-order valence-corrected chi connectivity index (χ1v) is 10.8. The molecule has 0 aliphatic carbocycles. The number of rotatable bonds is 9. The number of nitrogens with zero attached hydrogens (tertiary/aromatic N) is 1. The Morgan fingerprint density at radius 2 is 1.67 bits per heavy atom. The van der Waals surface area contributed by atoms with E-state index in [9.17, 15) is 9.59 Å². The molecule has 3 aromatic rings. The van der Waals surface area contributed by atoms with Crippen molar-refractivity contribution in [3.63, 3.8) is 0 Å². The SMILES string of the molecule is CCCOc1ccc(NC(=O)C(=O)N/N=C\c2ccccc2OCc2ccccc2Cl)cc1. The molecule has 0 aliphatic rings. The first kappa shape index (κ1) is 23.8. The van der Waals surface area contributed by atoms with Gasteiger partial charge in [-0.3, -0.25) is 9.59 Å². The Kier molecular flexibility index (Phi) is 8.85. The van der Waals surface area contributed by atoms with Crippen molar-refractivity contribution in [2.45, 2.75) is 20.0 Å². The van der Waals surface area contributed by atoms with Crippen LogP contribution in [-0.2, 0) is 16.2 Å². The highest BCUT2D eigenvalue weighted by Gasteiger charge is 2.13. The van der Waals surface area contributed by atoms with Gasteiger partial charge in [-0.2, -0.15) is 5.10 Å². The topological polar surface area (TPSA) is 89.0 Å². The van der Waals surface area contributed by atoms with E-state index in [4.69, 9.17) is 21.1 Å². The van der Waals surface area contributed by atoms with Crippen LogP contribution in [0.3, 0.4) is 0 Å². The predicted molar refractivity (Wildman–Crippen MR) is 129 cm³/mol. The van der Waals surface area contributed by atoms with E-state index >= 15 is 0 Å². The molecule has 0 unspecified atom stereocenters. The number of hydrogen-bond acceptors (Lipinski definition) is 5. The van der Waals surface area contributed by atoms with Crippen molar-refractivity contribution in [2.75, 3.05) is 11.9 Å². The lowest BCUT2D eigenvalue weighted by molar-refractivity contribution is -0.136. The average Bonchev–Trinajstić information content (AvgIpc) is 2.83. The number of nitrogens with one attached hydrogen (secondary N) is 2. The minimum Gasteiger partial charge on any atom is -0.494 e. The van der Waals surface area contributed by atoms with Gasteiger partial charge in [0.2, 0.25) is 0 Å². The maximum Gasteiger partial charge on any atom is 0.329 e. The molecular formula is C25H24ClN3O4. The van der Waals surface area contributed by atoms with Gasteiger partial charge in [0, 0.05) is 21.8 Å². The first-order valence-electron chi connectivity index (χ1n) is 10.4. The number of hydrogen-bond donors (Lipinski definition) is 2. The van der Waals surface area contributed by atoms with E-state index in [1.807, 2.05) is 37.3 Å². The van der Waals surface area contributed by atoms with Gasteiger partial charge in [0.15, 0.2) is 0 Å². The Morgan fingerprint density at radius 3 is 2.42 bits per heavy atom. The summed E-state index contributed by atoms with van der Waals surface area (Å²) in [5.41, 5.74) is 4.17. The molecule has 7 nitrogen and oxygen atoms in total. The first-order chi connectivity index (χ1) is 16.1. The lowest BCUT2D eigenvalue weighted by Gasteiger charge is -2.10. The largest absolute Gasteiger partial charge is 0.494 e. The van der Waals surface area contributed by atoms with Gasteiger partial charge in [0.25, 0.3) is 0 Å². The van der Waals surface area contributed by atoms with E-state index in [0.717, 1.165) is 12.0 Å². The number of hydrazone groups is 1. The van der Waals surface area contributed by atoms with Gasteiger partial charge in [0.05, 0.1) is 12.8 Å². The molecule has 0 spiro atoms. The van der Waals surface area contributed by atoms with Gasteiger partial charge in [0.1, 0.15) is 18.1 Å². The molecule has 8 heteroatoms. The molecule has 0 aliphatic heterocycles. The maximum absolute atomic E-state index is 12.1. The summed E-state index contributed by atoms with van der Waals surface area (Å²) in [6, 6.07) is 21.4. The number of para-hydroxylation sites is 1. The number of benzene rings is 3. The Bertz CT molecular complexity index is 1120. The molecule has 0 saturated carbocycles. The van der Waals surface area contributed by atoms with Crippen LogP contribution in [-0.4, -0.2) is 24.6 Å². The second-order valence-electron chi connectivity index (χ2n) is 6.94. The van der Waals surface area contributed by atoms with Crippen molar-refractivity contribution >= 4 is 35.3 Å². The Hall–Kier alpha value is -3.84. The molecule has 33 heavy (non-hydrogen) atoms. The van der Waals surface area contributed by atoms with Crippen molar-refractivity contribution in [1.29, 1.82) is 0 Å². The van der Waals surface area contributed by atoms with E-state index in [-0.39, 0.29) is 6.61 Å². The normalized spacial score (nSPS) is 10.6. The van der Waals surface area contributed by atoms with Crippen molar-refractivity contribution in [1.82, 2.24) is 5.43 Å².